The minimum atomic E-state index is -0.226. The van der Waals surface area contributed by atoms with Crippen LogP contribution in [0.3, 0.4) is 0 Å². The van der Waals surface area contributed by atoms with Crippen LogP contribution in [-0.2, 0) is 5.41 Å². The van der Waals surface area contributed by atoms with E-state index < -0.39 is 0 Å². The number of fused-ring (bicyclic) bond motifs is 11. The monoisotopic (exact) mass is 679 g/mol. The predicted octanol–water partition coefficient (Wildman–Crippen LogP) is 12.8. The van der Waals surface area contributed by atoms with Crippen LogP contribution in [0.1, 0.15) is 25.0 Å². The second-order valence-corrected chi connectivity index (χ2v) is 14.6. The molecule has 250 valence electrons. The molecule has 3 aromatic heterocycles. The second-order valence-electron chi connectivity index (χ2n) is 14.6. The summed E-state index contributed by atoms with van der Waals surface area (Å²) in [6.07, 6.45) is 0. The van der Waals surface area contributed by atoms with E-state index in [1.165, 1.54) is 49.4 Å². The van der Waals surface area contributed by atoms with E-state index in [0.717, 1.165) is 50.3 Å². The van der Waals surface area contributed by atoms with E-state index in [9.17, 15) is 0 Å². The molecule has 0 N–H and O–H groups in total. The van der Waals surface area contributed by atoms with Gasteiger partial charge in [0.05, 0.1) is 22.4 Å². The fourth-order valence-electron chi connectivity index (χ4n) is 8.76. The topological polar surface area (TPSA) is 43.9 Å². The normalized spacial score (nSPS) is 13.2. The lowest BCUT2D eigenvalue weighted by Crippen LogP contribution is -2.15. The molecular weight excluding hydrogens is 647 g/mol. The molecule has 0 fully saturated rings. The summed E-state index contributed by atoms with van der Waals surface area (Å²) in [5.41, 5.74) is 15.2. The zero-order valence-electron chi connectivity index (χ0n) is 29.3. The van der Waals surface area contributed by atoms with Crippen LogP contribution >= 0.6 is 0 Å². The molecule has 0 amide bonds. The first-order valence-electron chi connectivity index (χ1n) is 18.2. The van der Waals surface area contributed by atoms with Gasteiger partial charge >= 0.3 is 0 Å². The molecule has 0 saturated carbocycles. The zero-order chi connectivity index (χ0) is 35.3. The third-order valence-corrected chi connectivity index (χ3v) is 11.2. The lowest BCUT2D eigenvalue weighted by Gasteiger charge is -2.22. The van der Waals surface area contributed by atoms with E-state index in [1.54, 1.807) is 0 Å². The average molecular weight is 680 g/mol. The summed E-state index contributed by atoms with van der Waals surface area (Å²) in [6.45, 7) is 4.73. The van der Waals surface area contributed by atoms with Gasteiger partial charge in [0.1, 0.15) is 11.2 Å². The highest BCUT2D eigenvalue weighted by Gasteiger charge is 2.40. The molecule has 0 unspecified atom stereocenters. The molecule has 10 aromatic rings. The fourth-order valence-corrected chi connectivity index (χ4v) is 8.76. The standard InChI is InChI=1S/C49H33N3O/c1-49(2)38-27-25-35-34-17-10-12-20-43(34)53-47(35)44(38)37-26-28-42-45(46(37)49)36-18-9-11-19-41(36)52(42)33-23-21-31(22-24-33)40-29-39(30-13-5-3-6-14-30)50-48(51-40)32-15-7-4-8-16-32/h3-29H,1-2H3. The molecule has 0 bridgehead atoms. The van der Waals surface area contributed by atoms with Crippen LogP contribution in [0.5, 0.6) is 0 Å². The summed E-state index contributed by atoms with van der Waals surface area (Å²) in [5, 5.41) is 4.87. The summed E-state index contributed by atoms with van der Waals surface area (Å²) in [6, 6.07) is 57.8. The largest absolute Gasteiger partial charge is 0.455 e. The number of hydrogen-bond donors (Lipinski definition) is 0. The highest BCUT2D eigenvalue weighted by atomic mass is 16.3. The lowest BCUT2D eigenvalue weighted by molar-refractivity contribution is 0.657. The summed E-state index contributed by atoms with van der Waals surface area (Å²) >= 11 is 0. The molecule has 0 atom stereocenters. The molecule has 1 aliphatic rings. The minimum absolute atomic E-state index is 0.226. The van der Waals surface area contributed by atoms with Crippen molar-refractivity contribution in [1.82, 2.24) is 14.5 Å². The van der Waals surface area contributed by atoms with Crippen LogP contribution in [0.2, 0.25) is 0 Å². The van der Waals surface area contributed by atoms with Crippen LogP contribution in [0.4, 0.5) is 0 Å². The van der Waals surface area contributed by atoms with Crippen LogP contribution in [-0.4, -0.2) is 14.5 Å². The fraction of sp³-hybridized carbons (Fsp3) is 0.0612. The molecule has 53 heavy (non-hydrogen) atoms. The van der Waals surface area contributed by atoms with Crippen molar-refractivity contribution in [2.24, 2.45) is 0 Å². The van der Waals surface area contributed by atoms with Gasteiger partial charge in [-0.05, 0) is 53.1 Å². The molecule has 0 saturated heterocycles. The van der Waals surface area contributed by atoms with E-state index in [4.69, 9.17) is 14.4 Å². The Balaban J connectivity index is 1.09. The number of aromatic nitrogens is 3. The maximum atomic E-state index is 6.62. The molecule has 7 aromatic carbocycles. The van der Waals surface area contributed by atoms with Crippen LogP contribution in [0.25, 0.3) is 94.5 Å². The van der Waals surface area contributed by atoms with Crippen LogP contribution in [0.15, 0.2) is 168 Å². The number of para-hydroxylation sites is 2. The van der Waals surface area contributed by atoms with Crippen molar-refractivity contribution in [3.8, 4) is 50.7 Å². The lowest BCUT2D eigenvalue weighted by atomic mass is 9.80. The quantitative estimate of drug-likeness (QED) is 0.186. The SMILES string of the molecule is CC1(C)c2ccc3c(oc4ccccc43)c2-c2ccc3c(c21)c1ccccc1n3-c1ccc(-c2cc(-c3ccccc3)nc(-c3ccccc3)n2)cc1. The van der Waals surface area contributed by atoms with Crippen LogP contribution in [0, 0.1) is 0 Å². The molecule has 0 spiro atoms. The molecule has 4 heteroatoms. The smallest absolute Gasteiger partial charge is 0.160 e. The van der Waals surface area contributed by atoms with Gasteiger partial charge in [-0.1, -0.05) is 141 Å². The van der Waals surface area contributed by atoms with Crippen molar-refractivity contribution in [2.75, 3.05) is 0 Å². The Labute approximate surface area is 306 Å². The van der Waals surface area contributed by atoms with Crippen molar-refractivity contribution in [3.63, 3.8) is 0 Å². The van der Waals surface area contributed by atoms with Crippen molar-refractivity contribution in [2.45, 2.75) is 19.3 Å². The molecule has 3 heterocycles. The Morgan fingerprint density at radius 3 is 1.92 bits per heavy atom. The van der Waals surface area contributed by atoms with Crippen molar-refractivity contribution in [1.29, 1.82) is 0 Å². The zero-order valence-corrected chi connectivity index (χ0v) is 29.3. The van der Waals surface area contributed by atoms with Gasteiger partial charge < -0.3 is 8.98 Å². The highest BCUT2D eigenvalue weighted by Crippen LogP contribution is 2.56. The third kappa shape index (κ3) is 4.36. The van der Waals surface area contributed by atoms with E-state index in [-0.39, 0.29) is 5.41 Å². The van der Waals surface area contributed by atoms with Gasteiger partial charge in [-0.25, -0.2) is 9.97 Å². The van der Waals surface area contributed by atoms with Crippen molar-refractivity contribution < 1.29 is 4.42 Å². The number of benzene rings is 7. The third-order valence-electron chi connectivity index (χ3n) is 11.2. The van der Waals surface area contributed by atoms with Gasteiger partial charge in [0.15, 0.2) is 5.82 Å². The highest BCUT2D eigenvalue weighted by molar-refractivity contribution is 6.17. The number of nitrogens with zero attached hydrogens (tertiary/aromatic N) is 3. The van der Waals surface area contributed by atoms with Gasteiger partial charge in [-0.2, -0.15) is 0 Å². The van der Waals surface area contributed by atoms with E-state index >= 15 is 0 Å². The Hall–Kier alpha value is -6.78. The Bertz CT molecular complexity index is 3000. The minimum Gasteiger partial charge on any atom is -0.455 e. The van der Waals surface area contributed by atoms with Gasteiger partial charge in [0.2, 0.25) is 0 Å². The van der Waals surface area contributed by atoms with Crippen molar-refractivity contribution in [3.05, 3.63) is 175 Å². The van der Waals surface area contributed by atoms with Crippen molar-refractivity contribution >= 4 is 43.7 Å². The summed E-state index contributed by atoms with van der Waals surface area (Å²) in [5.74, 6) is 0.714. The Kier molecular flexibility index (Phi) is 6.27. The van der Waals surface area contributed by atoms with E-state index in [1.807, 2.05) is 30.3 Å². The molecular formula is C49H33N3O. The molecule has 1 aliphatic carbocycles. The maximum absolute atomic E-state index is 6.62. The number of furan rings is 1. The maximum Gasteiger partial charge on any atom is 0.160 e. The van der Waals surface area contributed by atoms with Gasteiger partial charge in [0, 0.05) is 54.9 Å². The summed E-state index contributed by atoms with van der Waals surface area (Å²) in [4.78, 5) is 10.1. The van der Waals surface area contributed by atoms with E-state index in [0.29, 0.717) is 5.82 Å². The summed E-state index contributed by atoms with van der Waals surface area (Å²) < 4.78 is 9.03. The molecule has 0 radical (unpaired) electrons. The molecule has 0 aliphatic heterocycles. The van der Waals surface area contributed by atoms with Gasteiger partial charge in [0.25, 0.3) is 0 Å². The molecule has 4 nitrogen and oxygen atoms in total. The molecule has 11 rings (SSSR count). The average Bonchev–Trinajstić information content (AvgIpc) is 3.84. The number of hydrogen-bond acceptors (Lipinski definition) is 3. The predicted molar refractivity (Wildman–Crippen MR) is 218 cm³/mol. The number of rotatable bonds is 4. The second kappa shape index (κ2) is 11.1. The van der Waals surface area contributed by atoms with Crippen LogP contribution < -0.4 is 0 Å². The Morgan fingerprint density at radius 2 is 1.17 bits per heavy atom. The first-order chi connectivity index (χ1) is 26.0. The van der Waals surface area contributed by atoms with Gasteiger partial charge in [-0.3, -0.25) is 0 Å². The Morgan fingerprint density at radius 1 is 0.528 bits per heavy atom. The first-order valence-corrected chi connectivity index (χ1v) is 18.2. The van der Waals surface area contributed by atoms with E-state index in [2.05, 4.69) is 152 Å². The first kappa shape index (κ1) is 29.9. The van der Waals surface area contributed by atoms with Gasteiger partial charge in [-0.15, -0.1) is 0 Å². The summed E-state index contributed by atoms with van der Waals surface area (Å²) in [7, 11) is 0.